The van der Waals surface area contributed by atoms with Crippen LogP contribution >= 0.6 is 0 Å². The van der Waals surface area contributed by atoms with Crippen LogP contribution in [0.4, 0.5) is 0 Å². The molecule has 34 valence electrons. The van der Waals surface area contributed by atoms with Gasteiger partial charge >= 0.3 is 18.9 Å². The van der Waals surface area contributed by atoms with Gasteiger partial charge in [0.15, 0.2) is 0 Å². The van der Waals surface area contributed by atoms with Crippen LogP contribution in [0, 0.1) is 0 Å². The second-order valence-corrected chi connectivity index (χ2v) is 2.35. The molecule has 0 unspecified atom stereocenters. The Hall–Kier alpha value is 0.814. The van der Waals surface area contributed by atoms with Gasteiger partial charge in [0.2, 0.25) is 0 Å². The minimum absolute atomic E-state index is 0. The van der Waals surface area contributed by atoms with Gasteiger partial charge in [-0.2, -0.15) is 0 Å². The molecule has 0 saturated carbocycles. The summed E-state index contributed by atoms with van der Waals surface area (Å²) in [5.74, 6) is 0. The molecule has 0 N–H and O–H groups in total. The SMILES string of the molecule is CCCC[SiH3].[H-].[Li+]. The van der Waals surface area contributed by atoms with Crippen LogP contribution in [0.5, 0.6) is 0 Å². The topological polar surface area (TPSA) is 0 Å². The van der Waals surface area contributed by atoms with Crippen molar-refractivity contribution in [2.45, 2.75) is 25.8 Å². The Morgan fingerprint density at radius 1 is 1.67 bits per heavy atom. The van der Waals surface area contributed by atoms with Crippen molar-refractivity contribution in [1.29, 1.82) is 0 Å². The van der Waals surface area contributed by atoms with Crippen molar-refractivity contribution in [2.75, 3.05) is 0 Å². The molecule has 0 atom stereocenters. The fourth-order valence-corrected chi connectivity index (χ4v) is 1.06. The van der Waals surface area contributed by atoms with E-state index in [1.54, 1.807) is 0 Å². The molecule has 0 radical (unpaired) electrons. The molecule has 0 rings (SSSR count). The summed E-state index contributed by atoms with van der Waals surface area (Å²) in [6.07, 6.45) is 2.83. The van der Waals surface area contributed by atoms with E-state index in [9.17, 15) is 0 Å². The van der Waals surface area contributed by atoms with Crippen molar-refractivity contribution in [1.82, 2.24) is 0 Å². The van der Waals surface area contributed by atoms with E-state index in [0.29, 0.717) is 0 Å². The Kier molecular flexibility index (Phi) is 15.3. The molecule has 0 amide bonds. The minimum atomic E-state index is 0. The summed E-state index contributed by atoms with van der Waals surface area (Å²) in [5.41, 5.74) is 0. The molecule has 0 spiro atoms. The van der Waals surface area contributed by atoms with Crippen LogP contribution in [0.15, 0.2) is 0 Å². The van der Waals surface area contributed by atoms with Crippen LogP contribution in [0.1, 0.15) is 21.2 Å². The number of hydrogen-bond acceptors (Lipinski definition) is 0. The zero-order chi connectivity index (χ0) is 4.12. The molecular weight excluding hydrogens is 83.1 g/mol. The first-order valence-corrected chi connectivity index (χ1v) is 3.83. The second-order valence-electron chi connectivity index (χ2n) is 1.35. The molecule has 6 heavy (non-hydrogen) atoms. The Morgan fingerprint density at radius 3 is 2.17 bits per heavy atom. The normalized spacial score (nSPS) is 7.50. The van der Waals surface area contributed by atoms with Gasteiger partial charge in [-0.3, -0.25) is 0 Å². The maximum Gasteiger partial charge on any atom is 1.00 e. The van der Waals surface area contributed by atoms with Crippen molar-refractivity contribution in [2.24, 2.45) is 0 Å². The van der Waals surface area contributed by atoms with Gasteiger partial charge in [0, 0.05) is 10.2 Å². The third-order valence-electron chi connectivity index (χ3n) is 0.707. The standard InChI is InChI=1S/C4H12Si.Li.H/c1-2-3-4-5;;/h2-4H2,1,5H3;;/q;+1;-1. The Bertz CT molecular complexity index is 19.2. The van der Waals surface area contributed by atoms with E-state index in [-0.39, 0.29) is 20.3 Å². The van der Waals surface area contributed by atoms with E-state index in [2.05, 4.69) is 6.92 Å². The smallest absolute Gasteiger partial charge is 1.00 e. The zero-order valence-electron chi connectivity index (χ0n) is 6.12. The van der Waals surface area contributed by atoms with Crippen LogP contribution in [0.3, 0.4) is 0 Å². The second kappa shape index (κ2) is 9.26. The summed E-state index contributed by atoms with van der Waals surface area (Å²) in [5, 5.41) is 0. The van der Waals surface area contributed by atoms with Gasteiger partial charge in [-0.1, -0.05) is 25.8 Å². The first kappa shape index (κ1) is 9.94. The molecule has 0 bridgehead atoms. The monoisotopic (exact) mass is 96.1 g/mol. The fourth-order valence-electron chi connectivity index (χ4n) is 0.354. The van der Waals surface area contributed by atoms with Crippen molar-refractivity contribution in [3.63, 3.8) is 0 Å². The van der Waals surface area contributed by atoms with Crippen LogP contribution < -0.4 is 18.9 Å². The van der Waals surface area contributed by atoms with Crippen molar-refractivity contribution >= 4 is 10.2 Å². The van der Waals surface area contributed by atoms with Gasteiger partial charge in [0.05, 0.1) is 0 Å². The first-order chi connectivity index (χ1) is 2.41. The first-order valence-electron chi connectivity index (χ1n) is 2.41. The van der Waals surface area contributed by atoms with E-state index < -0.39 is 0 Å². The summed E-state index contributed by atoms with van der Waals surface area (Å²) < 4.78 is 0. The van der Waals surface area contributed by atoms with Crippen LogP contribution in [0.25, 0.3) is 0 Å². The van der Waals surface area contributed by atoms with Crippen LogP contribution in [0.2, 0.25) is 6.04 Å². The summed E-state index contributed by atoms with van der Waals surface area (Å²) in [4.78, 5) is 0. The van der Waals surface area contributed by atoms with Gasteiger partial charge in [-0.15, -0.1) is 0 Å². The van der Waals surface area contributed by atoms with E-state index >= 15 is 0 Å². The summed E-state index contributed by atoms with van der Waals surface area (Å²) in [6, 6.07) is 1.48. The minimum Gasteiger partial charge on any atom is -1.00 e. The maximum absolute atomic E-state index is 2.23. The molecule has 0 aromatic carbocycles. The molecule has 0 fully saturated rings. The predicted octanol–water partition coefficient (Wildman–Crippen LogP) is -2.31. The maximum atomic E-state index is 2.23. The van der Waals surface area contributed by atoms with E-state index in [1.165, 1.54) is 29.1 Å². The predicted molar refractivity (Wildman–Crippen MR) is 30.8 cm³/mol. The van der Waals surface area contributed by atoms with Crippen molar-refractivity contribution in [3.8, 4) is 0 Å². The summed E-state index contributed by atoms with van der Waals surface area (Å²) in [7, 11) is 1.40. The van der Waals surface area contributed by atoms with Crippen LogP contribution in [-0.4, -0.2) is 10.2 Å². The molecule has 0 aromatic rings. The largest absolute Gasteiger partial charge is 1.00 e. The van der Waals surface area contributed by atoms with Gasteiger partial charge in [0.1, 0.15) is 0 Å². The molecule has 2 heteroatoms. The van der Waals surface area contributed by atoms with E-state index in [1.807, 2.05) is 0 Å². The van der Waals surface area contributed by atoms with Crippen LogP contribution in [-0.2, 0) is 0 Å². The molecule has 0 nitrogen and oxygen atoms in total. The molecule has 0 heterocycles. The summed E-state index contributed by atoms with van der Waals surface area (Å²) >= 11 is 0. The number of hydrogen-bond donors (Lipinski definition) is 0. The Morgan fingerprint density at radius 2 is 2.17 bits per heavy atom. The van der Waals surface area contributed by atoms with Gasteiger partial charge in [-0.25, -0.2) is 0 Å². The number of rotatable bonds is 2. The van der Waals surface area contributed by atoms with Crippen molar-refractivity contribution < 1.29 is 20.3 Å². The van der Waals surface area contributed by atoms with E-state index in [4.69, 9.17) is 0 Å². The Labute approximate surface area is 56.8 Å². The molecule has 0 aliphatic heterocycles. The number of unbranched alkanes of at least 4 members (excludes halogenated alkanes) is 1. The molecular formula is C4H13LiSi. The van der Waals surface area contributed by atoms with E-state index in [0.717, 1.165) is 0 Å². The van der Waals surface area contributed by atoms with Gasteiger partial charge < -0.3 is 1.43 Å². The zero-order valence-corrected chi connectivity index (χ0v) is 7.12. The molecule has 0 saturated heterocycles. The van der Waals surface area contributed by atoms with Gasteiger partial charge in [0.25, 0.3) is 0 Å². The third kappa shape index (κ3) is 8.84. The molecule has 0 aromatic heterocycles. The Balaban J connectivity index is -0.0000000800. The molecule has 0 aliphatic carbocycles. The average Bonchev–Trinajstić information content (AvgIpc) is 1.41. The molecule has 0 aliphatic rings. The fraction of sp³-hybridized carbons (Fsp3) is 1.00. The third-order valence-corrected chi connectivity index (χ3v) is 1.41. The van der Waals surface area contributed by atoms with Gasteiger partial charge in [-0.05, 0) is 0 Å². The van der Waals surface area contributed by atoms with Crippen molar-refractivity contribution in [3.05, 3.63) is 0 Å². The average molecular weight is 96.2 g/mol. The summed E-state index contributed by atoms with van der Waals surface area (Å²) in [6.45, 7) is 2.23. The quantitative estimate of drug-likeness (QED) is 0.339.